The quantitative estimate of drug-likeness (QED) is 0.599. The molecule has 2 rings (SSSR count). The fraction of sp³-hybridized carbons (Fsp3) is 0.350. The van der Waals surface area contributed by atoms with Crippen LogP contribution in [0.3, 0.4) is 0 Å². The van der Waals surface area contributed by atoms with Crippen LogP contribution in [0, 0.1) is 12.8 Å². The van der Waals surface area contributed by atoms with Crippen LogP contribution in [-0.4, -0.2) is 43.4 Å². The monoisotopic (exact) mass is 435 g/mol. The molecular formula is C20H25N3O6S. The Morgan fingerprint density at radius 3 is 2.27 bits per heavy atom. The number of aromatic nitrogens is 1. The Hall–Kier alpha value is -2.98. The Kier molecular flexibility index (Phi) is 7.52. The van der Waals surface area contributed by atoms with Crippen molar-refractivity contribution in [3.05, 3.63) is 53.9 Å². The zero-order valence-electron chi connectivity index (χ0n) is 17.2. The molecule has 1 atom stereocenters. The largest absolute Gasteiger partial charge is 0.454 e. The zero-order chi connectivity index (χ0) is 22.5. The summed E-state index contributed by atoms with van der Waals surface area (Å²) in [5.41, 5.74) is 1.16. The van der Waals surface area contributed by atoms with E-state index in [1.54, 1.807) is 45.3 Å². The fourth-order valence-electron chi connectivity index (χ4n) is 2.56. The zero-order valence-corrected chi connectivity index (χ0v) is 18.0. The van der Waals surface area contributed by atoms with Crippen molar-refractivity contribution in [1.29, 1.82) is 0 Å². The van der Waals surface area contributed by atoms with E-state index in [-0.39, 0.29) is 10.6 Å². The van der Waals surface area contributed by atoms with Gasteiger partial charge in [-0.2, -0.15) is 4.72 Å². The summed E-state index contributed by atoms with van der Waals surface area (Å²) < 4.78 is 33.9. The molecule has 0 aliphatic carbocycles. The van der Waals surface area contributed by atoms with Gasteiger partial charge in [-0.05, 0) is 37.1 Å². The predicted octanol–water partition coefficient (Wildman–Crippen LogP) is 1.14. The number of sulfonamides is 1. The van der Waals surface area contributed by atoms with Crippen molar-refractivity contribution in [3.8, 4) is 0 Å². The molecular weight excluding hydrogens is 410 g/mol. The van der Waals surface area contributed by atoms with Gasteiger partial charge in [0, 0.05) is 13.2 Å². The highest BCUT2D eigenvalue weighted by atomic mass is 32.2. The Morgan fingerprint density at radius 1 is 1.10 bits per heavy atom. The minimum atomic E-state index is -3.97. The van der Waals surface area contributed by atoms with Crippen LogP contribution in [0.15, 0.2) is 47.5 Å². The second kappa shape index (κ2) is 9.68. The van der Waals surface area contributed by atoms with Crippen LogP contribution in [0.1, 0.15) is 29.9 Å². The normalized spacial score (nSPS) is 12.4. The van der Waals surface area contributed by atoms with E-state index in [0.29, 0.717) is 0 Å². The number of benzene rings is 1. The molecule has 9 nitrogen and oxygen atoms in total. The second-order valence-electron chi connectivity index (χ2n) is 7.15. The Balaban J connectivity index is 1.98. The van der Waals surface area contributed by atoms with Gasteiger partial charge in [-0.15, -0.1) is 0 Å². The maximum Gasteiger partial charge on any atom is 0.324 e. The lowest BCUT2D eigenvalue weighted by molar-refractivity contribution is -0.150. The molecule has 0 aliphatic heterocycles. The molecule has 0 spiro atoms. The highest BCUT2D eigenvalue weighted by Crippen LogP contribution is 2.13. The van der Waals surface area contributed by atoms with Gasteiger partial charge >= 0.3 is 5.97 Å². The number of ether oxygens (including phenoxy) is 1. The number of amides is 2. The Bertz CT molecular complexity index is 1030. The minimum Gasteiger partial charge on any atom is -0.454 e. The van der Waals surface area contributed by atoms with Crippen molar-refractivity contribution in [2.75, 3.05) is 6.61 Å². The van der Waals surface area contributed by atoms with Gasteiger partial charge in [0.1, 0.15) is 11.7 Å². The molecule has 2 aromatic rings. The van der Waals surface area contributed by atoms with Crippen molar-refractivity contribution >= 4 is 27.8 Å². The Labute approximate surface area is 175 Å². The number of carbonyl (C=O) groups excluding carboxylic acids is 3. The van der Waals surface area contributed by atoms with Gasteiger partial charge in [-0.1, -0.05) is 31.5 Å². The van der Waals surface area contributed by atoms with Crippen molar-refractivity contribution in [3.63, 3.8) is 0 Å². The molecule has 10 heteroatoms. The topological polar surface area (TPSA) is 124 Å². The van der Waals surface area contributed by atoms with Gasteiger partial charge in [0.2, 0.25) is 10.0 Å². The first-order valence-corrected chi connectivity index (χ1v) is 10.7. The summed E-state index contributed by atoms with van der Waals surface area (Å²) in [6.07, 6.45) is 1.65. The number of nitrogens with zero attached hydrogens (tertiary/aromatic N) is 1. The van der Waals surface area contributed by atoms with Gasteiger partial charge in [0.25, 0.3) is 11.8 Å². The lowest BCUT2D eigenvalue weighted by atomic mass is 10.1. The molecule has 0 saturated heterocycles. The van der Waals surface area contributed by atoms with Crippen LogP contribution in [0.25, 0.3) is 0 Å². The van der Waals surface area contributed by atoms with Gasteiger partial charge in [-0.3, -0.25) is 19.7 Å². The van der Waals surface area contributed by atoms with Crippen molar-refractivity contribution in [2.45, 2.75) is 31.7 Å². The lowest BCUT2D eigenvalue weighted by Gasteiger charge is -2.20. The number of imide groups is 1. The van der Waals surface area contributed by atoms with Crippen molar-refractivity contribution < 1.29 is 27.5 Å². The molecule has 30 heavy (non-hydrogen) atoms. The molecule has 0 fully saturated rings. The molecule has 0 aliphatic rings. The molecule has 1 heterocycles. The van der Waals surface area contributed by atoms with Gasteiger partial charge in [-0.25, -0.2) is 8.42 Å². The molecule has 0 radical (unpaired) electrons. The average Bonchev–Trinajstić information content (AvgIpc) is 3.10. The third-order valence-electron chi connectivity index (χ3n) is 4.31. The van der Waals surface area contributed by atoms with Crippen LogP contribution in [0.4, 0.5) is 0 Å². The van der Waals surface area contributed by atoms with E-state index >= 15 is 0 Å². The van der Waals surface area contributed by atoms with E-state index in [4.69, 9.17) is 4.74 Å². The highest BCUT2D eigenvalue weighted by Gasteiger charge is 2.30. The maximum absolute atomic E-state index is 12.6. The van der Waals surface area contributed by atoms with Crippen LogP contribution in [-0.2, 0) is 31.4 Å². The van der Waals surface area contributed by atoms with E-state index in [1.807, 2.05) is 6.92 Å². The molecule has 2 amide bonds. The first-order chi connectivity index (χ1) is 14.0. The van der Waals surface area contributed by atoms with Crippen LogP contribution < -0.4 is 10.0 Å². The van der Waals surface area contributed by atoms with Gasteiger partial charge in [0.05, 0.1) is 4.90 Å². The number of aryl methyl sites for hydroxylation is 2. The van der Waals surface area contributed by atoms with Gasteiger partial charge in [0.15, 0.2) is 6.61 Å². The Morgan fingerprint density at radius 2 is 1.73 bits per heavy atom. The summed E-state index contributed by atoms with van der Waals surface area (Å²) in [4.78, 5) is 36.4. The van der Waals surface area contributed by atoms with Crippen molar-refractivity contribution in [2.24, 2.45) is 13.0 Å². The van der Waals surface area contributed by atoms with E-state index in [2.05, 4.69) is 10.0 Å². The van der Waals surface area contributed by atoms with E-state index in [9.17, 15) is 22.8 Å². The molecule has 2 N–H and O–H groups in total. The summed E-state index contributed by atoms with van der Waals surface area (Å²) >= 11 is 0. The van der Waals surface area contributed by atoms with E-state index < -0.39 is 46.4 Å². The summed E-state index contributed by atoms with van der Waals surface area (Å²) in [6, 6.07) is 8.13. The molecule has 162 valence electrons. The van der Waals surface area contributed by atoms with Crippen LogP contribution in [0.2, 0.25) is 0 Å². The minimum absolute atomic E-state index is 0.0115. The van der Waals surface area contributed by atoms with Crippen molar-refractivity contribution in [1.82, 2.24) is 14.6 Å². The third kappa shape index (κ3) is 6.01. The SMILES string of the molecule is Cc1ccc(S(=O)(=O)N[C@H](C(=O)OCC(=O)NC(=O)c2cccn2C)C(C)C)cc1. The number of hydrogen-bond donors (Lipinski definition) is 2. The van der Waals surface area contributed by atoms with E-state index in [0.717, 1.165) is 5.56 Å². The van der Waals surface area contributed by atoms with Crippen LogP contribution >= 0.6 is 0 Å². The number of nitrogens with one attached hydrogen (secondary N) is 2. The van der Waals surface area contributed by atoms with E-state index in [1.165, 1.54) is 22.8 Å². The summed E-state index contributed by atoms with van der Waals surface area (Å²) in [7, 11) is -2.32. The molecule has 0 unspecified atom stereocenters. The molecule has 1 aromatic carbocycles. The molecule has 1 aromatic heterocycles. The number of rotatable bonds is 8. The molecule has 0 bridgehead atoms. The van der Waals surface area contributed by atoms with Gasteiger partial charge < -0.3 is 9.30 Å². The number of carbonyl (C=O) groups is 3. The lowest BCUT2D eigenvalue weighted by Crippen LogP contribution is -2.46. The maximum atomic E-state index is 12.6. The number of hydrogen-bond acceptors (Lipinski definition) is 6. The number of esters is 1. The summed E-state index contributed by atoms with van der Waals surface area (Å²) in [6.45, 7) is 4.39. The summed E-state index contributed by atoms with van der Waals surface area (Å²) in [5.74, 6) is -2.81. The average molecular weight is 436 g/mol. The standard InChI is InChI=1S/C20H25N3O6S/c1-13(2)18(22-30(27,28)15-9-7-14(3)8-10-15)20(26)29-12-17(24)21-19(25)16-6-5-11-23(16)4/h5-11,13,18,22H,12H2,1-4H3,(H,21,24,25)/t18-/m0/s1. The second-order valence-corrected chi connectivity index (χ2v) is 8.86. The fourth-order valence-corrected chi connectivity index (χ4v) is 3.89. The first kappa shape index (κ1) is 23.3. The third-order valence-corrected chi connectivity index (χ3v) is 5.77. The smallest absolute Gasteiger partial charge is 0.324 e. The van der Waals surface area contributed by atoms with Crippen LogP contribution in [0.5, 0.6) is 0 Å². The predicted molar refractivity (Wildman–Crippen MR) is 109 cm³/mol. The summed E-state index contributed by atoms with van der Waals surface area (Å²) in [5, 5.41) is 2.11. The highest BCUT2D eigenvalue weighted by molar-refractivity contribution is 7.89. The molecule has 0 saturated carbocycles. The first-order valence-electron chi connectivity index (χ1n) is 9.22.